The van der Waals surface area contributed by atoms with Crippen LogP contribution in [0.25, 0.3) is 10.9 Å². The van der Waals surface area contributed by atoms with Crippen molar-refractivity contribution in [3.05, 3.63) is 47.5 Å². The van der Waals surface area contributed by atoms with E-state index in [2.05, 4.69) is 20.2 Å². The topological polar surface area (TPSA) is 78.0 Å². The van der Waals surface area contributed by atoms with Gasteiger partial charge in [-0.25, -0.2) is 14.4 Å². The van der Waals surface area contributed by atoms with Gasteiger partial charge in [0.25, 0.3) is 0 Å². The second-order valence-electron chi connectivity index (χ2n) is 7.17. The Labute approximate surface area is 197 Å². The summed E-state index contributed by atoms with van der Waals surface area (Å²) >= 11 is 5.91. The monoisotopic (exact) mass is 478 g/mol. The Balaban J connectivity index is 1.79. The summed E-state index contributed by atoms with van der Waals surface area (Å²) < 4.78 is 35.4. The maximum absolute atomic E-state index is 13.5. The van der Waals surface area contributed by atoms with Crippen molar-refractivity contribution in [1.82, 2.24) is 14.9 Å². The fourth-order valence-electron chi connectivity index (χ4n) is 3.21. The van der Waals surface area contributed by atoms with Gasteiger partial charge in [0.2, 0.25) is 0 Å². The van der Waals surface area contributed by atoms with Gasteiger partial charge in [-0.2, -0.15) is 0 Å². The first-order valence-corrected chi connectivity index (χ1v) is 10.8. The van der Waals surface area contributed by atoms with E-state index >= 15 is 0 Å². The molecule has 1 heterocycles. The number of ether oxygens (including phenoxy) is 4. The van der Waals surface area contributed by atoms with Gasteiger partial charge in [0.05, 0.1) is 30.9 Å². The van der Waals surface area contributed by atoms with Gasteiger partial charge in [0, 0.05) is 51.0 Å². The lowest BCUT2D eigenvalue weighted by atomic mass is 10.2. The lowest BCUT2D eigenvalue weighted by molar-refractivity contribution is 0.103. The molecule has 0 saturated carbocycles. The van der Waals surface area contributed by atoms with Crippen LogP contribution in [-0.2, 0) is 9.47 Å². The zero-order valence-electron chi connectivity index (χ0n) is 18.9. The van der Waals surface area contributed by atoms with E-state index in [4.69, 9.17) is 30.5 Å². The van der Waals surface area contributed by atoms with E-state index in [0.29, 0.717) is 54.9 Å². The van der Waals surface area contributed by atoms with Gasteiger partial charge in [-0.3, -0.25) is 4.90 Å². The maximum Gasteiger partial charge on any atom is 0.162 e. The Bertz CT molecular complexity index is 1050. The maximum atomic E-state index is 13.5. The van der Waals surface area contributed by atoms with Crippen molar-refractivity contribution >= 4 is 34.0 Å². The zero-order valence-corrected chi connectivity index (χ0v) is 19.7. The van der Waals surface area contributed by atoms with Crippen LogP contribution in [0.15, 0.2) is 36.7 Å². The molecular weight excluding hydrogens is 451 g/mol. The summed E-state index contributed by atoms with van der Waals surface area (Å²) in [6.45, 7) is 3.95. The van der Waals surface area contributed by atoms with Crippen molar-refractivity contribution in [2.75, 3.05) is 66.1 Å². The van der Waals surface area contributed by atoms with Gasteiger partial charge in [0.15, 0.2) is 11.5 Å². The van der Waals surface area contributed by atoms with E-state index in [1.165, 1.54) is 18.5 Å². The SMILES string of the molecule is COCCN(CCOC)CCOc1cc2c(Nc3ccc(F)c(Cl)c3)ncnc2cc1OC. The molecule has 1 N–H and O–H groups in total. The summed E-state index contributed by atoms with van der Waals surface area (Å²) in [4.78, 5) is 10.9. The van der Waals surface area contributed by atoms with E-state index in [0.717, 1.165) is 18.5 Å². The summed E-state index contributed by atoms with van der Waals surface area (Å²) in [5.41, 5.74) is 1.28. The van der Waals surface area contributed by atoms with Crippen molar-refractivity contribution in [3.63, 3.8) is 0 Å². The molecular formula is C23H28ClFN4O4. The molecule has 0 atom stereocenters. The van der Waals surface area contributed by atoms with Crippen LogP contribution in [0.3, 0.4) is 0 Å². The minimum absolute atomic E-state index is 0.0237. The van der Waals surface area contributed by atoms with Crippen molar-refractivity contribution in [3.8, 4) is 11.5 Å². The number of methoxy groups -OCH3 is 3. The number of rotatable bonds is 13. The molecule has 10 heteroatoms. The minimum atomic E-state index is -0.486. The van der Waals surface area contributed by atoms with Crippen LogP contribution in [0.4, 0.5) is 15.9 Å². The first-order chi connectivity index (χ1) is 16.0. The molecule has 3 aromatic rings. The van der Waals surface area contributed by atoms with Crippen LogP contribution in [0, 0.1) is 5.82 Å². The van der Waals surface area contributed by atoms with Gasteiger partial charge in [-0.15, -0.1) is 0 Å². The second-order valence-corrected chi connectivity index (χ2v) is 7.58. The molecule has 1 aromatic heterocycles. The largest absolute Gasteiger partial charge is 0.493 e. The number of halogens is 2. The minimum Gasteiger partial charge on any atom is -0.493 e. The first-order valence-electron chi connectivity index (χ1n) is 10.4. The molecule has 0 aliphatic rings. The first kappa shape index (κ1) is 24.9. The Hall–Kier alpha value is -2.72. The third kappa shape index (κ3) is 6.88. The van der Waals surface area contributed by atoms with Gasteiger partial charge in [-0.1, -0.05) is 11.6 Å². The molecule has 3 rings (SSSR count). The smallest absolute Gasteiger partial charge is 0.162 e. The molecule has 0 saturated heterocycles. The summed E-state index contributed by atoms with van der Waals surface area (Å²) in [6.07, 6.45) is 1.44. The molecule has 33 heavy (non-hydrogen) atoms. The lowest BCUT2D eigenvalue weighted by Crippen LogP contribution is -2.34. The van der Waals surface area contributed by atoms with Crippen LogP contribution in [-0.4, -0.2) is 75.7 Å². The summed E-state index contributed by atoms with van der Waals surface area (Å²) in [5.74, 6) is 1.19. The Morgan fingerprint density at radius 2 is 1.67 bits per heavy atom. The molecule has 178 valence electrons. The van der Waals surface area contributed by atoms with Crippen molar-refractivity contribution in [2.24, 2.45) is 0 Å². The molecule has 0 fully saturated rings. The van der Waals surface area contributed by atoms with E-state index < -0.39 is 5.82 Å². The van der Waals surface area contributed by atoms with Crippen molar-refractivity contribution < 1.29 is 23.3 Å². The number of benzene rings is 2. The standard InChI is InChI=1S/C23H28ClFN4O4/c1-30-9-6-29(7-10-31-2)8-11-33-22-13-17-20(14-21(22)32-3)26-15-27-23(17)28-16-4-5-19(25)18(24)12-16/h4-5,12-15H,6-11H2,1-3H3,(H,26,27,28). The third-order valence-electron chi connectivity index (χ3n) is 4.99. The molecule has 0 bridgehead atoms. The summed E-state index contributed by atoms with van der Waals surface area (Å²) in [7, 11) is 4.94. The van der Waals surface area contributed by atoms with E-state index in [1.54, 1.807) is 33.5 Å². The molecule has 0 aliphatic carbocycles. The average Bonchev–Trinajstić information content (AvgIpc) is 2.82. The van der Waals surface area contributed by atoms with Crippen molar-refractivity contribution in [1.29, 1.82) is 0 Å². The predicted octanol–water partition coefficient (Wildman–Crippen LogP) is 4.15. The van der Waals surface area contributed by atoms with E-state index in [9.17, 15) is 4.39 Å². The Morgan fingerprint density at radius 3 is 2.33 bits per heavy atom. The van der Waals surface area contributed by atoms with Crippen LogP contribution in [0.5, 0.6) is 11.5 Å². The summed E-state index contributed by atoms with van der Waals surface area (Å²) in [6, 6.07) is 8.01. The van der Waals surface area contributed by atoms with Gasteiger partial charge in [-0.05, 0) is 24.3 Å². The number of anilines is 2. The van der Waals surface area contributed by atoms with Crippen LogP contribution >= 0.6 is 11.6 Å². The molecule has 0 aliphatic heterocycles. The molecule has 0 amide bonds. The number of nitrogens with zero attached hydrogens (tertiary/aromatic N) is 3. The highest BCUT2D eigenvalue weighted by atomic mass is 35.5. The van der Waals surface area contributed by atoms with E-state index in [-0.39, 0.29) is 5.02 Å². The fraction of sp³-hybridized carbons (Fsp3) is 0.391. The van der Waals surface area contributed by atoms with Gasteiger partial charge in [0.1, 0.15) is 24.6 Å². The van der Waals surface area contributed by atoms with Crippen LogP contribution in [0.2, 0.25) is 5.02 Å². The highest BCUT2D eigenvalue weighted by Gasteiger charge is 2.13. The molecule has 0 unspecified atom stereocenters. The number of fused-ring (bicyclic) bond motifs is 1. The van der Waals surface area contributed by atoms with E-state index in [1.807, 2.05) is 6.07 Å². The Kier molecular flexibility index (Phi) is 9.44. The predicted molar refractivity (Wildman–Crippen MR) is 126 cm³/mol. The fourth-order valence-corrected chi connectivity index (χ4v) is 3.39. The van der Waals surface area contributed by atoms with Gasteiger partial charge >= 0.3 is 0 Å². The van der Waals surface area contributed by atoms with Crippen molar-refractivity contribution in [2.45, 2.75) is 0 Å². The number of hydrogen-bond donors (Lipinski definition) is 1. The normalized spacial score (nSPS) is 11.2. The molecule has 0 spiro atoms. The summed E-state index contributed by atoms with van der Waals surface area (Å²) in [5, 5.41) is 3.92. The molecule has 2 aromatic carbocycles. The molecule has 8 nitrogen and oxygen atoms in total. The highest BCUT2D eigenvalue weighted by molar-refractivity contribution is 6.31. The third-order valence-corrected chi connectivity index (χ3v) is 5.28. The molecule has 0 radical (unpaired) electrons. The zero-order chi connectivity index (χ0) is 23.6. The lowest BCUT2D eigenvalue weighted by Gasteiger charge is -2.22. The van der Waals surface area contributed by atoms with Crippen LogP contribution < -0.4 is 14.8 Å². The Morgan fingerprint density at radius 1 is 0.939 bits per heavy atom. The quantitative estimate of drug-likeness (QED) is 0.392. The average molecular weight is 479 g/mol. The number of hydrogen-bond acceptors (Lipinski definition) is 8. The number of aromatic nitrogens is 2. The van der Waals surface area contributed by atoms with Crippen LogP contribution in [0.1, 0.15) is 0 Å². The van der Waals surface area contributed by atoms with Gasteiger partial charge < -0.3 is 24.3 Å². The number of nitrogens with one attached hydrogen (secondary N) is 1. The second kappa shape index (κ2) is 12.5. The highest BCUT2D eigenvalue weighted by Crippen LogP contribution is 2.35.